The predicted octanol–water partition coefficient (Wildman–Crippen LogP) is 6.35. The lowest BCUT2D eigenvalue weighted by atomic mass is 9.96. The number of benzene rings is 1. The van der Waals surface area contributed by atoms with Crippen LogP contribution in [0.1, 0.15) is 43.2 Å². The summed E-state index contributed by atoms with van der Waals surface area (Å²) in [6.07, 6.45) is 4.62. The molecule has 3 aromatic rings. The van der Waals surface area contributed by atoms with E-state index in [1.807, 2.05) is 12.1 Å². The number of nitrogens with zero attached hydrogens (tertiary/aromatic N) is 3. The van der Waals surface area contributed by atoms with Gasteiger partial charge in [0.15, 0.2) is 0 Å². The Hall–Kier alpha value is -3.16. The standard InChI is InChI=1S/C23H24F3N5/c1-15-9-10-18(12-19(15)23(24,25)26)28-21-13-20(16-6-5-11-27-14-16)30-22(31-21)29-17-7-3-2-4-8-17/h5-6,9-14,17H,2-4,7-8H2,1H3,(H2,28,29,30,31). The van der Waals surface area contributed by atoms with E-state index in [0.29, 0.717) is 29.2 Å². The van der Waals surface area contributed by atoms with Gasteiger partial charge in [-0.15, -0.1) is 0 Å². The van der Waals surface area contributed by atoms with Crippen LogP contribution in [0.5, 0.6) is 0 Å². The number of aryl methyl sites for hydroxylation is 1. The number of pyridine rings is 1. The van der Waals surface area contributed by atoms with Crippen LogP contribution in [0.2, 0.25) is 0 Å². The highest BCUT2D eigenvalue weighted by Gasteiger charge is 2.32. The summed E-state index contributed by atoms with van der Waals surface area (Å²) in [5.74, 6) is 0.878. The third-order valence-corrected chi connectivity index (χ3v) is 5.44. The highest BCUT2D eigenvalue weighted by Crippen LogP contribution is 2.34. The SMILES string of the molecule is Cc1ccc(Nc2cc(-c3cccnc3)nc(NC3CCCCC3)n2)cc1C(F)(F)F. The normalized spacial score (nSPS) is 15.0. The molecular weight excluding hydrogens is 403 g/mol. The Kier molecular flexibility index (Phi) is 6.06. The van der Waals surface area contributed by atoms with E-state index in [2.05, 4.69) is 25.6 Å². The minimum atomic E-state index is -4.41. The molecule has 1 aliphatic carbocycles. The highest BCUT2D eigenvalue weighted by atomic mass is 19.4. The number of hydrogen-bond acceptors (Lipinski definition) is 5. The fourth-order valence-electron chi connectivity index (χ4n) is 3.82. The van der Waals surface area contributed by atoms with Crippen LogP contribution in [0.4, 0.5) is 30.6 Å². The molecule has 2 N–H and O–H groups in total. The second kappa shape index (κ2) is 8.91. The highest BCUT2D eigenvalue weighted by molar-refractivity contribution is 5.67. The monoisotopic (exact) mass is 427 g/mol. The average Bonchev–Trinajstić information content (AvgIpc) is 2.75. The number of alkyl halides is 3. The Morgan fingerprint density at radius 1 is 1.00 bits per heavy atom. The van der Waals surface area contributed by atoms with Crippen molar-refractivity contribution in [2.75, 3.05) is 10.6 Å². The molecule has 1 fully saturated rings. The van der Waals surface area contributed by atoms with Crippen molar-refractivity contribution in [2.45, 2.75) is 51.2 Å². The molecule has 8 heteroatoms. The van der Waals surface area contributed by atoms with Gasteiger partial charge in [-0.3, -0.25) is 4.98 Å². The molecule has 0 bridgehead atoms. The molecule has 2 aromatic heterocycles. The van der Waals surface area contributed by atoms with Gasteiger partial charge in [0.05, 0.1) is 11.3 Å². The van der Waals surface area contributed by atoms with Crippen LogP contribution in [0.3, 0.4) is 0 Å². The first-order valence-corrected chi connectivity index (χ1v) is 10.4. The van der Waals surface area contributed by atoms with E-state index in [1.165, 1.54) is 19.4 Å². The molecule has 0 amide bonds. The number of halogens is 3. The number of anilines is 3. The quantitative estimate of drug-likeness (QED) is 0.496. The molecule has 5 nitrogen and oxygen atoms in total. The van der Waals surface area contributed by atoms with Gasteiger partial charge < -0.3 is 10.6 Å². The van der Waals surface area contributed by atoms with E-state index < -0.39 is 11.7 Å². The maximum absolute atomic E-state index is 13.3. The lowest BCUT2D eigenvalue weighted by Gasteiger charge is -2.23. The molecule has 1 aromatic carbocycles. The summed E-state index contributed by atoms with van der Waals surface area (Å²) in [5, 5.41) is 6.42. The third-order valence-electron chi connectivity index (χ3n) is 5.44. The first kappa shape index (κ1) is 21.1. The van der Waals surface area contributed by atoms with Gasteiger partial charge in [0.1, 0.15) is 5.82 Å². The molecule has 0 atom stereocenters. The van der Waals surface area contributed by atoms with E-state index in [4.69, 9.17) is 0 Å². The zero-order valence-corrected chi connectivity index (χ0v) is 17.2. The zero-order valence-electron chi connectivity index (χ0n) is 17.2. The smallest absolute Gasteiger partial charge is 0.351 e. The summed E-state index contributed by atoms with van der Waals surface area (Å²) in [4.78, 5) is 13.3. The average molecular weight is 427 g/mol. The molecule has 162 valence electrons. The van der Waals surface area contributed by atoms with Crippen LogP contribution in [0.15, 0.2) is 48.8 Å². The summed E-state index contributed by atoms with van der Waals surface area (Å²) in [5.41, 5.74) is 1.28. The summed E-state index contributed by atoms with van der Waals surface area (Å²) < 4.78 is 39.9. The van der Waals surface area contributed by atoms with Gasteiger partial charge in [0.2, 0.25) is 5.95 Å². The zero-order chi connectivity index (χ0) is 21.8. The van der Waals surface area contributed by atoms with E-state index in [0.717, 1.165) is 37.3 Å². The maximum Gasteiger partial charge on any atom is 0.416 e. The Labute approximate surface area is 179 Å². The minimum Gasteiger partial charge on any atom is -0.351 e. The molecule has 2 heterocycles. The Balaban J connectivity index is 1.67. The molecule has 0 aliphatic heterocycles. The fraction of sp³-hybridized carbons (Fsp3) is 0.348. The third kappa shape index (κ3) is 5.31. The van der Waals surface area contributed by atoms with Gasteiger partial charge in [-0.2, -0.15) is 18.2 Å². The molecule has 0 saturated heterocycles. The van der Waals surface area contributed by atoms with Crippen molar-refractivity contribution in [3.63, 3.8) is 0 Å². The Morgan fingerprint density at radius 3 is 2.52 bits per heavy atom. The second-order valence-corrected chi connectivity index (χ2v) is 7.84. The molecule has 0 radical (unpaired) electrons. The van der Waals surface area contributed by atoms with E-state index >= 15 is 0 Å². The van der Waals surface area contributed by atoms with Crippen LogP contribution in [0, 0.1) is 6.92 Å². The van der Waals surface area contributed by atoms with Crippen molar-refractivity contribution in [1.82, 2.24) is 15.0 Å². The molecular formula is C23H24F3N5. The van der Waals surface area contributed by atoms with Crippen molar-refractivity contribution >= 4 is 17.5 Å². The van der Waals surface area contributed by atoms with Gasteiger partial charge >= 0.3 is 6.18 Å². The minimum absolute atomic E-state index is 0.177. The number of aromatic nitrogens is 3. The van der Waals surface area contributed by atoms with E-state index in [9.17, 15) is 13.2 Å². The van der Waals surface area contributed by atoms with Gasteiger partial charge in [0, 0.05) is 35.8 Å². The van der Waals surface area contributed by atoms with Gasteiger partial charge in [0.25, 0.3) is 0 Å². The van der Waals surface area contributed by atoms with Crippen molar-refractivity contribution in [1.29, 1.82) is 0 Å². The molecule has 31 heavy (non-hydrogen) atoms. The summed E-state index contributed by atoms with van der Waals surface area (Å²) in [7, 11) is 0. The van der Waals surface area contributed by atoms with Crippen LogP contribution in [-0.2, 0) is 6.18 Å². The van der Waals surface area contributed by atoms with Crippen molar-refractivity contribution in [2.24, 2.45) is 0 Å². The van der Waals surface area contributed by atoms with Crippen molar-refractivity contribution in [3.05, 3.63) is 59.9 Å². The van der Waals surface area contributed by atoms with Crippen LogP contribution in [0.25, 0.3) is 11.3 Å². The second-order valence-electron chi connectivity index (χ2n) is 7.84. The molecule has 4 rings (SSSR count). The van der Waals surface area contributed by atoms with Gasteiger partial charge in [-0.05, 0) is 49.6 Å². The van der Waals surface area contributed by atoms with Crippen LogP contribution in [-0.4, -0.2) is 21.0 Å². The molecule has 1 aliphatic rings. The molecule has 1 saturated carbocycles. The summed E-state index contributed by atoms with van der Waals surface area (Å²) >= 11 is 0. The lowest BCUT2D eigenvalue weighted by molar-refractivity contribution is -0.138. The summed E-state index contributed by atoms with van der Waals surface area (Å²) in [6, 6.07) is 9.89. The number of nitrogens with one attached hydrogen (secondary N) is 2. The van der Waals surface area contributed by atoms with Crippen molar-refractivity contribution in [3.8, 4) is 11.3 Å². The molecule has 0 unspecified atom stereocenters. The fourth-order valence-corrected chi connectivity index (χ4v) is 3.82. The van der Waals surface area contributed by atoms with E-state index in [-0.39, 0.29) is 5.56 Å². The topological polar surface area (TPSA) is 62.7 Å². The first-order chi connectivity index (χ1) is 14.9. The Morgan fingerprint density at radius 2 is 1.81 bits per heavy atom. The first-order valence-electron chi connectivity index (χ1n) is 10.4. The van der Waals surface area contributed by atoms with Crippen molar-refractivity contribution < 1.29 is 13.2 Å². The van der Waals surface area contributed by atoms with E-state index in [1.54, 1.807) is 24.5 Å². The lowest BCUT2D eigenvalue weighted by Crippen LogP contribution is -2.23. The molecule has 0 spiro atoms. The largest absolute Gasteiger partial charge is 0.416 e. The van der Waals surface area contributed by atoms with Crippen LogP contribution < -0.4 is 10.6 Å². The van der Waals surface area contributed by atoms with Crippen LogP contribution >= 0.6 is 0 Å². The van der Waals surface area contributed by atoms with Gasteiger partial charge in [-0.25, -0.2) is 4.98 Å². The number of rotatable bonds is 5. The predicted molar refractivity (Wildman–Crippen MR) is 115 cm³/mol. The summed E-state index contributed by atoms with van der Waals surface area (Å²) in [6.45, 7) is 1.45. The van der Waals surface area contributed by atoms with Gasteiger partial charge in [-0.1, -0.05) is 25.3 Å². The number of hydrogen-bond donors (Lipinski definition) is 2. The maximum atomic E-state index is 13.3. The Bertz CT molecular complexity index is 1030.